The van der Waals surface area contributed by atoms with Gasteiger partial charge < -0.3 is 4.74 Å². The fourth-order valence-corrected chi connectivity index (χ4v) is 2.36. The van der Waals surface area contributed by atoms with E-state index in [1.165, 1.54) is 16.8 Å². The van der Waals surface area contributed by atoms with Crippen molar-refractivity contribution in [2.24, 2.45) is 7.05 Å². The molecule has 2 rings (SSSR count). The molecule has 0 unspecified atom stereocenters. The summed E-state index contributed by atoms with van der Waals surface area (Å²) in [6, 6.07) is 2.45. The van der Waals surface area contributed by atoms with Gasteiger partial charge in [-0.2, -0.15) is 5.10 Å². The molecule has 0 fully saturated rings. The number of ether oxygens (including phenoxy) is 1. The van der Waals surface area contributed by atoms with E-state index in [0.717, 1.165) is 0 Å². The summed E-state index contributed by atoms with van der Waals surface area (Å²) in [6.07, 6.45) is 0. The third kappa shape index (κ3) is 2.96. The van der Waals surface area contributed by atoms with Gasteiger partial charge in [0.05, 0.1) is 5.69 Å². The molecule has 2 aromatic rings. The van der Waals surface area contributed by atoms with Crippen molar-refractivity contribution in [3.8, 4) is 5.75 Å². The summed E-state index contributed by atoms with van der Waals surface area (Å²) in [4.78, 5) is 0. The van der Waals surface area contributed by atoms with Gasteiger partial charge in [0, 0.05) is 17.9 Å². The third-order valence-corrected chi connectivity index (χ3v) is 3.96. The summed E-state index contributed by atoms with van der Waals surface area (Å²) in [5.41, 5.74) is 1.77. The standard InChI is InChI=1S/C13H12BrClF2N2O/c1-7-9(13(15)19(2)18-7)6-20-12-10(16)3-8(5-14)4-11(12)17/h3-4H,5-6H2,1-2H3. The van der Waals surface area contributed by atoms with Crippen molar-refractivity contribution in [3.63, 3.8) is 0 Å². The summed E-state index contributed by atoms with van der Waals surface area (Å²) in [5, 5.41) is 4.87. The van der Waals surface area contributed by atoms with E-state index in [1.807, 2.05) is 0 Å². The molecule has 0 aliphatic rings. The second-order valence-electron chi connectivity index (χ2n) is 4.29. The van der Waals surface area contributed by atoms with Gasteiger partial charge >= 0.3 is 0 Å². The second kappa shape index (κ2) is 6.10. The van der Waals surface area contributed by atoms with Crippen molar-refractivity contribution in [1.82, 2.24) is 9.78 Å². The van der Waals surface area contributed by atoms with Gasteiger partial charge in [-0.15, -0.1) is 0 Å². The SMILES string of the molecule is Cc1nn(C)c(Cl)c1COc1c(F)cc(CBr)cc1F. The van der Waals surface area contributed by atoms with E-state index < -0.39 is 17.4 Å². The fraction of sp³-hybridized carbons (Fsp3) is 0.308. The topological polar surface area (TPSA) is 27.1 Å². The van der Waals surface area contributed by atoms with Crippen molar-refractivity contribution >= 4 is 27.5 Å². The van der Waals surface area contributed by atoms with Crippen LogP contribution in [0.1, 0.15) is 16.8 Å². The molecule has 0 atom stereocenters. The van der Waals surface area contributed by atoms with E-state index in [-0.39, 0.29) is 6.61 Å². The van der Waals surface area contributed by atoms with Crippen LogP contribution in [-0.4, -0.2) is 9.78 Å². The third-order valence-electron chi connectivity index (χ3n) is 2.84. The van der Waals surface area contributed by atoms with Crippen molar-refractivity contribution < 1.29 is 13.5 Å². The van der Waals surface area contributed by atoms with Crippen LogP contribution in [0.2, 0.25) is 5.15 Å². The lowest BCUT2D eigenvalue weighted by molar-refractivity contribution is 0.273. The van der Waals surface area contributed by atoms with E-state index in [0.29, 0.717) is 27.3 Å². The maximum atomic E-state index is 13.8. The highest BCUT2D eigenvalue weighted by Crippen LogP contribution is 2.27. The first-order valence-electron chi connectivity index (χ1n) is 5.78. The lowest BCUT2D eigenvalue weighted by Gasteiger charge is -2.09. The van der Waals surface area contributed by atoms with Gasteiger partial charge in [0.1, 0.15) is 11.8 Å². The summed E-state index contributed by atoms with van der Waals surface area (Å²) in [6.45, 7) is 1.71. The van der Waals surface area contributed by atoms with Crippen LogP contribution in [0.15, 0.2) is 12.1 Å². The summed E-state index contributed by atoms with van der Waals surface area (Å²) in [5.74, 6) is -1.89. The zero-order valence-corrected chi connectivity index (χ0v) is 13.2. The molecule has 0 N–H and O–H groups in total. The number of benzene rings is 1. The Morgan fingerprint density at radius 1 is 1.35 bits per heavy atom. The molecule has 0 bridgehead atoms. The molecule has 20 heavy (non-hydrogen) atoms. The lowest BCUT2D eigenvalue weighted by atomic mass is 10.2. The van der Waals surface area contributed by atoms with Gasteiger partial charge in [0.25, 0.3) is 0 Å². The van der Waals surface area contributed by atoms with Gasteiger partial charge in [0.15, 0.2) is 17.4 Å². The largest absolute Gasteiger partial charge is 0.483 e. The number of nitrogens with zero attached hydrogens (tertiary/aromatic N) is 2. The predicted octanol–water partition coefficient (Wildman–Crippen LogP) is 4.13. The number of hydrogen-bond donors (Lipinski definition) is 0. The maximum Gasteiger partial charge on any atom is 0.191 e. The van der Waals surface area contributed by atoms with Crippen LogP contribution in [-0.2, 0) is 19.0 Å². The highest BCUT2D eigenvalue weighted by Gasteiger charge is 2.16. The van der Waals surface area contributed by atoms with Crippen molar-refractivity contribution in [1.29, 1.82) is 0 Å². The van der Waals surface area contributed by atoms with Crippen LogP contribution in [0.5, 0.6) is 5.75 Å². The first-order valence-corrected chi connectivity index (χ1v) is 7.28. The summed E-state index contributed by atoms with van der Waals surface area (Å²) < 4.78 is 34.2. The van der Waals surface area contributed by atoms with E-state index in [2.05, 4.69) is 21.0 Å². The Balaban J connectivity index is 2.23. The number of aromatic nitrogens is 2. The minimum atomic E-state index is -0.739. The smallest absolute Gasteiger partial charge is 0.191 e. The fourth-order valence-electron chi connectivity index (χ4n) is 1.81. The van der Waals surface area contributed by atoms with Crippen molar-refractivity contribution in [2.45, 2.75) is 18.9 Å². The molecule has 7 heteroatoms. The number of halogens is 4. The highest BCUT2D eigenvalue weighted by molar-refractivity contribution is 9.08. The summed E-state index contributed by atoms with van der Waals surface area (Å²) >= 11 is 9.18. The molecule has 1 aromatic carbocycles. The van der Waals surface area contributed by atoms with E-state index in [9.17, 15) is 8.78 Å². The van der Waals surface area contributed by atoms with Crippen LogP contribution in [0.4, 0.5) is 8.78 Å². The Bertz CT molecular complexity index is 623. The molecule has 108 valence electrons. The first kappa shape index (κ1) is 15.3. The number of rotatable bonds is 4. The van der Waals surface area contributed by atoms with Crippen molar-refractivity contribution in [3.05, 3.63) is 45.7 Å². The average molecular weight is 366 g/mol. The Labute approximate surface area is 128 Å². The molecule has 0 radical (unpaired) electrons. The number of alkyl halides is 1. The van der Waals surface area contributed by atoms with Gasteiger partial charge in [-0.3, -0.25) is 4.68 Å². The molecule has 1 aromatic heterocycles. The molecule has 0 saturated carbocycles. The second-order valence-corrected chi connectivity index (χ2v) is 5.21. The van der Waals surface area contributed by atoms with Crippen LogP contribution in [0.3, 0.4) is 0 Å². The zero-order valence-electron chi connectivity index (χ0n) is 10.9. The average Bonchev–Trinajstić information content (AvgIpc) is 2.63. The van der Waals surface area contributed by atoms with E-state index >= 15 is 0 Å². The van der Waals surface area contributed by atoms with E-state index in [4.69, 9.17) is 16.3 Å². The van der Waals surface area contributed by atoms with E-state index in [1.54, 1.807) is 14.0 Å². The molecule has 0 saturated heterocycles. The van der Waals surface area contributed by atoms with Gasteiger partial charge in [-0.1, -0.05) is 27.5 Å². The molecule has 3 nitrogen and oxygen atoms in total. The molecule has 0 aliphatic heterocycles. The minimum absolute atomic E-state index is 0.0417. The summed E-state index contributed by atoms with van der Waals surface area (Å²) in [7, 11) is 1.69. The maximum absolute atomic E-state index is 13.8. The predicted molar refractivity (Wildman–Crippen MR) is 76.3 cm³/mol. The quantitative estimate of drug-likeness (QED) is 0.762. The Kier molecular flexibility index (Phi) is 4.65. The van der Waals surface area contributed by atoms with Crippen LogP contribution in [0.25, 0.3) is 0 Å². The first-order chi connectivity index (χ1) is 9.43. The Hall–Kier alpha value is -1.14. The van der Waals surface area contributed by atoms with Gasteiger partial charge in [0.2, 0.25) is 0 Å². The Morgan fingerprint density at radius 3 is 2.40 bits per heavy atom. The van der Waals surface area contributed by atoms with Crippen LogP contribution < -0.4 is 4.74 Å². The highest BCUT2D eigenvalue weighted by atomic mass is 79.9. The molecule has 1 heterocycles. The lowest BCUT2D eigenvalue weighted by Crippen LogP contribution is -2.02. The van der Waals surface area contributed by atoms with Crippen LogP contribution >= 0.6 is 27.5 Å². The minimum Gasteiger partial charge on any atom is -0.483 e. The molecule has 0 amide bonds. The van der Waals surface area contributed by atoms with Gasteiger partial charge in [-0.05, 0) is 24.6 Å². The monoisotopic (exact) mass is 364 g/mol. The molecule has 0 aliphatic carbocycles. The molecular formula is C13H12BrClF2N2O. The van der Waals surface area contributed by atoms with Gasteiger partial charge in [-0.25, -0.2) is 8.78 Å². The Morgan fingerprint density at radius 2 is 1.95 bits per heavy atom. The molecule has 0 spiro atoms. The van der Waals surface area contributed by atoms with Crippen molar-refractivity contribution in [2.75, 3.05) is 0 Å². The normalized spacial score (nSPS) is 10.9. The number of aryl methyl sites for hydroxylation is 2. The zero-order chi connectivity index (χ0) is 14.9. The number of hydrogen-bond acceptors (Lipinski definition) is 2. The van der Waals surface area contributed by atoms with Crippen LogP contribution in [0, 0.1) is 18.6 Å². The molecular weight excluding hydrogens is 354 g/mol.